The predicted molar refractivity (Wildman–Crippen MR) is 78.2 cm³/mol. The first kappa shape index (κ1) is 13.2. The van der Waals surface area contributed by atoms with Crippen LogP contribution in [0.2, 0.25) is 0 Å². The molecule has 0 amide bonds. The lowest BCUT2D eigenvalue weighted by Crippen LogP contribution is -2.34. The van der Waals surface area contributed by atoms with Crippen LogP contribution in [0, 0.1) is 5.92 Å². The van der Waals surface area contributed by atoms with Crippen LogP contribution in [0.25, 0.3) is 0 Å². The molecule has 0 aromatic carbocycles. The van der Waals surface area contributed by atoms with E-state index in [2.05, 4.69) is 48.2 Å². The van der Waals surface area contributed by atoms with E-state index in [-0.39, 0.29) is 0 Å². The van der Waals surface area contributed by atoms with Crippen molar-refractivity contribution in [2.45, 2.75) is 45.6 Å². The van der Waals surface area contributed by atoms with E-state index in [0.717, 1.165) is 18.3 Å². The highest BCUT2D eigenvalue weighted by atomic mass is 15.1. The highest BCUT2D eigenvalue weighted by molar-refractivity contribution is 5.54. The van der Waals surface area contributed by atoms with Crippen LogP contribution < -0.4 is 10.2 Å². The molecule has 0 aliphatic heterocycles. The van der Waals surface area contributed by atoms with Gasteiger partial charge in [-0.05, 0) is 44.6 Å². The lowest BCUT2D eigenvalue weighted by molar-refractivity contribution is 0.341. The van der Waals surface area contributed by atoms with E-state index >= 15 is 0 Å². The quantitative estimate of drug-likeness (QED) is 0.882. The molecule has 1 saturated carbocycles. The van der Waals surface area contributed by atoms with E-state index in [0.29, 0.717) is 6.04 Å². The summed E-state index contributed by atoms with van der Waals surface area (Å²) in [5, 5.41) is 3.27. The van der Waals surface area contributed by atoms with Crippen LogP contribution in [0.1, 0.15) is 39.5 Å². The van der Waals surface area contributed by atoms with Gasteiger partial charge in [-0.3, -0.25) is 0 Å². The summed E-state index contributed by atoms with van der Waals surface area (Å²) in [6.07, 6.45) is 7.25. The SMILES string of the molecule is CCNc1cc(N(C)C2CCC(C)CC2)ccn1. The van der Waals surface area contributed by atoms with Gasteiger partial charge in [-0.2, -0.15) is 0 Å². The van der Waals surface area contributed by atoms with E-state index in [9.17, 15) is 0 Å². The molecule has 1 fully saturated rings. The number of nitrogens with zero attached hydrogens (tertiary/aromatic N) is 2. The van der Waals surface area contributed by atoms with Crippen LogP contribution in [-0.4, -0.2) is 24.6 Å². The van der Waals surface area contributed by atoms with Crippen molar-refractivity contribution in [3.05, 3.63) is 18.3 Å². The zero-order valence-corrected chi connectivity index (χ0v) is 11.8. The van der Waals surface area contributed by atoms with Crippen LogP contribution in [-0.2, 0) is 0 Å². The average molecular weight is 247 g/mol. The van der Waals surface area contributed by atoms with Crippen LogP contribution in [0.5, 0.6) is 0 Å². The molecule has 100 valence electrons. The van der Waals surface area contributed by atoms with Crippen LogP contribution in [0.3, 0.4) is 0 Å². The van der Waals surface area contributed by atoms with Crippen LogP contribution in [0.4, 0.5) is 11.5 Å². The molecule has 18 heavy (non-hydrogen) atoms. The second-order valence-electron chi connectivity index (χ2n) is 5.45. The Balaban J connectivity index is 2.03. The van der Waals surface area contributed by atoms with Gasteiger partial charge < -0.3 is 10.2 Å². The summed E-state index contributed by atoms with van der Waals surface area (Å²) in [6, 6.07) is 4.96. The van der Waals surface area contributed by atoms with Gasteiger partial charge in [0.25, 0.3) is 0 Å². The molecule has 0 unspecified atom stereocenters. The van der Waals surface area contributed by atoms with Gasteiger partial charge in [0.05, 0.1) is 0 Å². The predicted octanol–water partition coefficient (Wildman–Crippen LogP) is 3.53. The molecule has 0 spiro atoms. The summed E-state index contributed by atoms with van der Waals surface area (Å²) < 4.78 is 0. The molecule has 2 rings (SSSR count). The van der Waals surface area contributed by atoms with Crippen molar-refractivity contribution in [2.24, 2.45) is 5.92 Å². The molecule has 1 heterocycles. The zero-order valence-electron chi connectivity index (χ0n) is 11.8. The Morgan fingerprint density at radius 3 is 2.72 bits per heavy atom. The molecule has 0 radical (unpaired) electrons. The van der Waals surface area contributed by atoms with E-state index in [1.807, 2.05) is 6.20 Å². The fourth-order valence-electron chi connectivity index (χ4n) is 2.76. The third kappa shape index (κ3) is 3.15. The molecule has 3 heteroatoms. The highest BCUT2D eigenvalue weighted by Crippen LogP contribution is 2.29. The number of rotatable bonds is 4. The van der Waals surface area contributed by atoms with Crippen molar-refractivity contribution in [1.82, 2.24) is 4.98 Å². The molecule has 1 N–H and O–H groups in total. The fourth-order valence-corrected chi connectivity index (χ4v) is 2.76. The minimum Gasteiger partial charge on any atom is -0.371 e. The van der Waals surface area contributed by atoms with Crippen molar-refractivity contribution < 1.29 is 0 Å². The number of nitrogens with one attached hydrogen (secondary N) is 1. The van der Waals surface area contributed by atoms with Gasteiger partial charge in [0, 0.05) is 37.6 Å². The second-order valence-corrected chi connectivity index (χ2v) is 5.45. The standard InChI is InChI=1S/C15H25N3/c1-4-16-15-11-14(9-10-17-15)18(3)13-7-5-12(2)6-8-13/h9-13H,4-8H2,1-3H3,(H,16,17). The Morgan fingerprint density at radius 1 is 1.33 bits per heavy atom. The molecule has 0 bridgehead atoms. The first-order valence-electron chi connectivity index (χ1n) is 7.13. The number of aromatic nitrogens is 1. The molecular weight excluding hydrogens is 222 g/mol. The van der Waals surface area contributed by atoms with Gasteiger partial charge in [-0.1, -0.05) is 6.92 Å². The lowest BCUT2D eigenvalue weighted by Gasteiger charge is -2.35. The topological polar surface area (TPSA) is 28.2 Å². The van der Waals surface area contributed by atoms with E-state index in [1.165, 1.54) is 31.4 Å². The third-order valence-electron chi connectivity index (χ3n) is 4.04. The Hall–Kier alpha value is -1.25. The summed E-state index contributed by atoms with van der Waals surface area (Å²) in [4.78, 5) is 6.76. The normalized spacial score (nSPS) is 23.7. The molecule has 0 saturated heterocycles. The maximum atomic E-state index is 4.33. The Morgan fingerprint density at radius 2 is 2.06 bits per heavy atom. The van der Waals surface area contributed by atoms with Gasteiger partial charge in [-0.25, -0.2) is 4.98 Å². The van der Waals surface area contributed by atoms with Gasteiger partial charge in [0.1, 0.15) is 5.82 Å². The molecule has 1 aromatic heterocycles. The van der Waals surface area contributed by atoms with E-state index in [4.69, 9.17) is 0 Å². The average Bonchev–Trinajstić information content (AvgIpc) is 2.39. The maximum Gasteiger partial charge on any atom is 0.127 e. The largest absolute Gasteiger partial charge is 0.371 e. The first-order chi connectivity index (χ1) is 8.70. The maximum absolute atomic E-state index is 4.33. The van der Waals surface area contributed by atoms with E-state index < -0.39 is 0 Å². The van der Waals surface area contributed by atoms with Gasteiger partial charge in [-0.15, -0.1) is 0 Å². The van der Waals surface area contributed by atoms with Crippen molar-refractivity contribution in [1.29, 1.82) is 0 Å². The summed E-state index contributed by atoms with van der Waals surface area (Å²) in [6.45, 7) is 5.38. The monoisotopic (exact) mass is 247 g/mol. The summed E-state index contributed by atoms with van der Waals surface area (Å²) in [5.74, 6) is 1.88. The minimum absolute atomic E-state index is 0.693. The smallest absolute Gasteiger partial charge is 0.127 e. The van der Waals surface area contributed by atoms with Crippen molar-refractivity contribution >= 4 is 11.5 Å². The number of hydrogen-bond donors (Lipinski definition) is 1. The van der Waals surface area contributed by atoms with Crippen molar-refractivity contribution in [3.63, 3.8) is 0 Å². The van der Waals surface area contributed by atoms with Gasteiger partial charge >= 0.3 is 0 Å². The molecule has 0 atom stereocenters. The Labute approximate surface area is 111 Å². The van der Waals surface area contributed by atoms with Crippen molar-refractivity contribution in [2.75, 3.05) is 23.8 Å². The highest BCUT2D eigenvalue weighted by Gasteiger charge is 2.22. The minimum atomic E-state index is 0.693. The zero-order chi connectivity index (χ0) is 13.0. The summed E-state index contributed by atoms with van der Waals surface area (Å²) >= 11 is 0. The molecule has 1 aliphatic rings. The van der Waals surface area contributed by atoms with Gasteiger partial charge in [0.2, 0.25) is 0 Å². The Kier molecular flexibility index (Phi) is 4.45. The number of hydrogen-bond acceptors (Lipinski definition) is 3. The van der Waals surface area contributed by atoms with Crippen LogP contribution in [0.15, 0.2) is 18.3 Å². The second kappa shape index (κ2) is 6.07. The van der Waals surface area contributed by atoms with E-state index in [1.54, 1.807) is 0 Å². The van der Waals surface area contributed by atoms with Crippen molar-refractivity contribution in [3.8, 4) is 0 Å². The molecule has 1 aromatic rings. The molecular formula is C15H25N3. The first-order valence-corrected chi connectivity index (χ1v) is 7.13. The summed E-state index contributed by atoms with van der Waals surface area (Å²) in [7, 11) is 2.21. The molecule has 1 aliphatic carbocycles. The van der Waals surface area contributed by atoms with Crippen LogP contribution >= 0.6 is 0 Å². The summed E-state index contributed by atoms with van der Waals surface area (Å²) in [5.41, 5.74) is 1.28. The Bertz CT molecular complexity index is 370. The van der Waals surface area contributed by atoms with Gasteiger partial charge in [0.15, 0.2) is 0 Å². The fraction of sp³-hybridized carbons (Fsp3) is 0.667. The number of anilines is 2. The third-order valence-corrected chi connectivity index (χ3v) is 4.04. The molecule has 3 nitrogen and oxygen atoms in total. The number of pyridine rings is 1. The lowest BCUT2D eigenvalue weighted by atomic mass is 9.86.